The highest BCUT2D eigenvalue weighted by Crippen LogP contribution is 2.27. The van der Waals surface area contributed by atoms with E-state index in [1.54, 1.807) is 0 Å². The number of hydrogen-bond acceptors (Lipinski definition) is 4. The number of primary amides is 1. The van der Waals surface area contributed by atoms with E-state index in [2.05, 4.69) is 51.6 Å². The van der Waals surface area contributed by atoms with Gasteiger partial charge in [-0.05, 0) is 28.8 Å². The Morgan fingerprint density at radius 2 is 1.95 bits per heavy atom. The van der Waals surface area contributed by atoms with Crippen LogP contribution in [0.2, 0.25) is 0 Å². The lowest BCUT2D eigenvalue weighted by Crippen LogP contribution is -2.39. The summed E-state index contributed by atoms with van der Waals surface area (Å²) >= 11 is 3.46. The van der Waals surface area contributed by atoms with Gasteiger partial charge in [-0.25, -0.2) is 9.97 Å². The van der Waals surface area contributed by atoms with Gasteiger partial charge in [0.1, 0.15) is 16.2 Å². The molecular formula is C14H21BrN4O. The van der Waals surface area contributed by atoms with Crippen LogP contribution in [0.15, 0.2) is 10.7 Å². The molecule has 0 spiro atoms. The molecule has 5 nitrogen and oxygen atoms in total. The van der Waals surface area contributed by atoms with E-state index < -0.39 is 0 Å². The summed E-state index contributed by atoms with van der Waals surface area (Å²) in [5.74, 6) is 1.54. The number of rotatable bonds is 2. The molecular weight excluding hydrogens is 320 g/mol. The lowest BCUT2D eigenvalue weighted by Gasteiger charge is -2.32. The number of hydrogen-bond donors (Lipinski definition) is 1. The van der Waals surface area contributed by atoms with Crippen LogP contribution in [0.4, 0.5) is 5.82 Å². The molecule has 1 aliphatic rings. The molecule has 110 valence electrons. The second kappa shape index (κ2) is 5.68. The molecule has 1 aromatic rings. The normalized spacial score (nSPS) is 17.3. The third-order valence-electron chi connectivity index (χ3n) is 3.57. The Bertz CT molecular complexity index is 504. The van der Waals surface area contributed by atoms with Crippen molar-refractivity contribution in [1.82, 2.24) is 9.97 Å². The summed E-state index contributed by atoms with van der Waals surface area (Å²) in [4.78, 5) is 22.5. The third kappa shape index (κ3) is 3.48. The highest BCUT2D eigenvalue weighted by atomic mass is 79.9. The SMILES string of the molecule is CC(C)(C)c1nc(Br)cc(N2CCC(C(N)=O)CC2)n1. The molecule has 0 saturated carbocycles. The topological polar surface area (TPSA) is 72.1 Å². The predicted octanol–water partition coefficient (Wildman–Crippen LogP) is 2.24. The monoisotopic (exact) mass is 340 g/mol. The van der Waals surface area contributed by atoms with Crippen molar-refractivity contribution in [3.8, 4) is 0 Å². The van der Waals surface area contributed by atoms with Gasteiger partial charge < -0.3 is 10.6 Å². The Kier molecular flexibility index (Phi) is 4.32. The van der Waals surface area contributed by atoms with Crippen molar-refractivity contribution in [1.29, 1.82) is 0 Å². The van der Waals surface area contributed by atoms with Crippen LogP contribution in [0, 0.1) is 5.92 Å². The van der Waals surface area contributed by atoms with E-state index in [1.807, 2.05) is 6.07 Å². The molecule has 6 heteroatoms. The molecule has 0 aromatic carbocycles. The average Bonchev–Trinajstić information content (AvgIpc) is 2.37. The van der Waals surface area contributed by atoms with Gasteiger partial charge in [-0.1, -0.05) is 20.8 Å². The molecule has 1 aliphatic heterocycles. The molecule has 0 bridgehead atoms. The van der Waals surface area contributed by atoms with Crippen molar-refractivity contribution in [3.63, 3.8) is 0 Å². The van der Waals surface area contributed by atoms with Crippen LogP contribution in [0.3, 0.4) is 0 Å². The van der Waals surface area contributed by atoms with E-state index in [-0.39, 0.29) is 17.2 Å². The van der Waals surface area contributed by atoms with Gasteiger partial charge in [-0.15, -0.1) is 0 Å². The molecule has 2 N–H and O–H groups in total. The molecule has 2 rings (SSSR count). The minimum Gasteiger partial charge on any atom is -0.369 e. The van der Waals surface area contributed by atoms with Crippen LogP contribution in [0.1, 0.15) is 39.4 Å². The van der Waals surface area contributed by atoms with Crippen LogP contribution in [0.5, 0.6) is 0 Å². The molecule has 0 aliphatic carbocycles. The van der Waals surface area contributed by atoms with E-state index in [0.29, 0.717) is 0 Å². The average molecular weight is 341 g/mol. The molecule has 20 heavy (non-hydrogen) atoms. The Morgan fingerprint density at radius 3 is 2.45 bits per heavy atom. The van der Waals surface area contributed by atoms with Crippen molar-refractivity contribution >= 4 is 27.7 Å². The smallest absolute Gasteiger partial charge is 0.220 e. The number of piperidine rings is 1. The van der Waals surface area contributed by atoms with Gasteiger partial charge >= 0.3 is 0 Å². The van der Waals surface area contributed by atoms with E-state index >= 15 is 0 Å². The van der Waals surface area contributed by atoms with Gasteiger partial charge in [-0.2, -0.15) is 0 Å². The van der Waals surface area contributed by atoms with Crippen LogP contribution >= 0.6 is 15.9 Å². The molecule has 1 saturated heterocycles. The van der Waals surface area contributed by atoms with Gasteiger partial charge in [-0.3, -0.25) is 4.79 Å². The zero-order valence-electron chi connectivity index (χ0n) is 12.2. The molecule has 0 atom stereocenters. The predicted molar refractivity (Wildman–Crippen MR) is 82.6 cm³/mol. The molecule has 1 aromatic heterocycles. The molecule has 1 fully saturated rings. The Hall–Kier alpha value is -1.17. The second-order valence-corrected chi connectivity index (χ2v) is 7.10. The Morgan fingerprint density at radius 1 is 1.35 bits per heavy atom. The first kappa shape index (κ1) is 15.2. The van der Waals surface area contributed by atoms with Crippen molar-refractivity contribution in [2.24, 2.45) is 11.7 Å². The molecule has 0 radical (unpaired) electrons. The maximum absolute atomic E-state index is 11.2. The number of aromatic nitrogens is 2. The largest absolute Gasteiger partial charge is 0.369 e. The fourth-order valence-corrected chi connectivity index (χ4v) is 2.67. The van der Waals surface area contributed by atoms with Gasteiger partial charge in [0.15, 0.2) is 0 Å². The van der Waals surface area contributed by atoms with Gasteiger partial charge in [0, 0.05) is 30.5 Å². The number of amides is 1. The number of nitrogens with zero attached hydrogens (tertiary/aromatic N) is 3. The van der Waals surface area contributed by atoms with Crippen LogP contribution < -0.4 is 10.6 Å². The summed E-state index contributed by atoms with van der Waals surface area (Å²) in [7, 11) is 0. The van der Waals surface area contributed by atoms with Crippen molar-refractivity contribution in [2.75, 3.05) is 18.0 Å². The second-order valence-electron chi connectivity index (χ2n) is 6.29. The van der Waals surface area contributed by atoms with Crippen LogP contribution in [0.25, 0.3) is 0 Å². The highest BCUT2D eigenvalue weighted by molar-refractivity contribution is 9.10. The van der Waals surface area contributed by atoms with Crippen LogP contribution in [-0.2, 0) is 10.2 Å². The summed E-state index contributed by atoms with van der Waals surface area (Å²) in [6, 6.07) is 1.93. The summed E-state index contributed by atoms with van der Waals surface area (Å²) in [6.07, 6.45) is 1.59. The Balaban J connectivity index is 2.18. The minimum atomic E-state index is -0.191. The number of anilines is 1. The summed E-state index contributed by atoms with van der Waals surface area (Å²) in [6.45, 7) is 7.90. The van der Waals surface area contributed by atoms with E-state index in [0.717, 1.165) is 42.2 Å². The number of carbonyl (C=O) groups excluding carboxylic acids is 1. The lowest BCUT2D eigenvalue weighted by molar-refractivity contribution is -0.122. The van der Waals surface area contributed by atoms with Crippen molar-refractivity contribution in [3.05, 3.63) is 16.5 Å². The fraction of sp³-hybridized carbons (Fsp3) is 0.643. The number of halogens is 1. The Labute approximate surface area is 128 Å². The molecule has 1 amide bonds. The van der Waals surface area contributed by atoms with Gasteiger partial charge in [0.05, 0.1) is 0 Å². The van der Waals surface area contributed by atoms with Crippen molar-refractivity contribution < 1.29 is 4.79 Å². The highest BCUT2D eigenvalue weighted by Gasteiger charge is 2.25. The fourth-order valence-electron chi connectivity index (χ4n) is 2.30. The van der Waals surface area contributed by atoms with Crippen molar-refractivity contribution in [2.45, 2.75) is 39.0 Å². The maximum Gasteiger partial charge on any atom is 0.220 e. The zero-order chi connectivity index (χ0) is 14.9. The van der Waals surface area contributed by atoms with E-state index in [9.17, 15) is 4.79 Å². The van der Waals surface area contributed by atoms with Gasteiger partial charge in [0.25, 0.3) is 0 Å². The number of nitrogens with two attached hydrogens (primary N) is 1. The standard InChI is InChI=1S/C14H21BrN4O/c1-14(2,3)13-17-10(15)8-11(18-13)19-6-4-9(5-7-19)12(16)20/h8-9H,4-7H2,1-3H3,(H2,16,20). The quantitative estimate of drug-likeness (QED) is 0.838. The van der Waals surface area contributed by atoms with Crippen LogP contribution in [-0.4, -0.2) is 29.0 Å². The first-order valence-electron chi connectivity index (χ1n) is 6.86. The summed E-state index contributed by atoms with van der Waals surface area (Å²) < 4.78 is 0.796. The minimum absolute atomic E-state index is 0.00128. The zero-order valence-corrected chi connectivity index (χ0v) is 13.8. The third-order valence-corrected chi connectivity index (χ3v) is 3.98. The number of carbonyl (C=O) groups is 1. The first-order chi connectivity index (χ1) is 9.27. The summed E-state index contributed by atoms with van der Waals surface area (Å²) in [5, 5.41) is 0. The maximum atomic E-state index is 11.2. The van der Waals surface area contributed by atoms with Gasteiger partial charge in [0.2, 0.25) is 5.91 Å². The molecule has 0 unspecified atom stereocenters. The lowest BCUT2D eigenvalue weighted by atomic mass is 9.95. The molecule has 2 heterocycles. The van der Waals surface area contributed by atoms with E-state index in [4.69, 9.17) is 5.73 Å². The summed E-state index contributed by atoms with van der Waals surface area (Å²) in [5.41, 5.74) is 5.27. The first-order valence-corrected chi connectivity index (χ1v) is 7.66. The van der Waals surface area contributed by atoms with E-state index in [1.165, 1.54) is 0 Å².